The first kappa shape index (κ1) is 24.2. The number of carbonyl (C=O) groups excluding carboxylic acids is 2. The molecule has 2 fully saturated rings. The Morgan fingerprint density at radius 1 is 0.690 bits per heavy atom. The molecule has 0 unspecified atom stereocenters. The van der Waals surface area contributed by atoms with Gasteiger partial charge in [0.05, 0.1) is 0 Å². The van der Waals surface area contributed by atoms with Crippen molar-refractivity contribution in [3.63, 3.8) is 0 Å². The van der Waals surface area contributed by atoms with Crippen molar-refractivity contribution in [1.82, 2.24) is 9.80 Å². The Balaban J connectivity index is 1.45. The van der Waals surface area contributed by atoms with Gasteiger partial charge in [-0.3, -0.25) is 9.59 Å². The van der Waals surface area contributed by atoms with Crippen LogP contribution in [0.25, 0.3) is 0 Å². The van der Waals surface area contributed by atoms with Crippen LogP contribution in [0.15, 0.2) is 0 Å². The Kier molecular flexibility index (Phi) is 12.4. The van der Waals surface area contributed by atoms with Crippen LogP contribution in [0.2, 0.25) is 0 Å². The predicted molar refractivity (Wildman–Crippen MR) is 121 cm³/mol. The molecule has 2 aliphatic heterocycles. The van der Waals surface area contributed by atoms with E-state index >= 15 is 0 Å². The number of carbonyl (C=O) groups is 2. The van der Waals surface area contributed by atoms with Crippen LogP contribution in [0.4, 0.5) is 0 Å². The molecular weight excluding hydrogens is 360 g/mol. The zero-order valence-corrected chi connectivity index (χ0v) is 19.1. The van der Waals surface area contributed by atoms with E-state index in [4.69, 9.17) is 0 Å². The number of hydrogen-bond donors (Lipinski definition) is 0. The molecule has 0 bridgehead atoms. The summed E-state index contributed by atoms with van der Waals surface area (Å²) in [5.41, 5.74) is 0. The lowest BCUT2D eigenvalue weighted by Crippen LogP contribution is -2.46. The minimum Gasteiger partial charge on any atom is -0.341 e. The van der Waals surface area contributed by atoms with Crippen molar-refractivity contribution in [3.8, 4) is 0 Å². The number of unbranched alkanes of at least 4 members (excludes halogenated alkanes) is 12. The highest BCUT2D eigenvalue weighted by molar-refractivity contribution is 5.88. The van der Waals surface area contributed by atoms with E-state index in [0.717, 1.165) is 58.2 Å². The summed E-state index contributed by atoms with van der Waals surface area (Å²) in [6, 6.07) is -0.164. The number of hydrogen-bond acceptors (Lipinski definition) is 2. The number of amides is 2. The van der Waals surface area contributed by atoms with Gasteiger partial charge in [-0.25, -0.2) is 0 Å². The Hall–Kier alpha value is -1.06. The van der Waals surface area contributed by atoms with Crippen molar-refractivity contribution in [2.45, 2.75) is 129 Å². The lowest BCUT2D eigenvalue weighted by atomic mass is 10.0. The smallest absolute Gasteiger partial charge is 0.245 e. The molecule has 2 heterocycles. The summed E-state index contributed by atoms with van der Waals surface area (Å²) < 4.78 is 0. The van der Waals surface area contributed by atoms with Crippen LogP contribution in [0.3, 0.4) is 0 Å². The molecule has 4 heteroatoms. The fourth-order valence-corrected chi connectivity index (χ4v) is 4.91. The summed E-state index contributed by atoms with van der Waals surface area (Å²) in [6.45, 7) is 4.82. The van der Waals surface area contributed by atoms with E-state index in [1.807, 2.05) is 9.80 Å². The maximum atomic E-state index is 12.7. The van der Waals surface area contributed by atoms with Crippen molar-refractivity contribution in [3.05, 3.63) is 0 Å². The second kappa shape index (κ2) is 14.8. The first-order valence-corrected chi connectivity index (χ1v) is 12.8. The van der Waals surface area contributed by atoms with Crippen LogP contribution in [0, 0.1) is 0 Å². The SMILES string of the molecule is CCCCCCCCCCCCCCCC(=O)N1CCC[C@H]1C(=O)N1CCCC1. The molecule has 2 saturated heterocycles. The van der Waals surface area contributed by atoms with Gasteiger partial charge in [-0.2, -0.15) is 0 Å². The molecule has 0 radical (unpaired) electrons. The minimum atomic E-state index is -0.164. The van der Waals surface area contributed by atoms with Crippen molar-refractivity contribution in [2.75, 3.05) is 19.6 Å². The molecule has 0 saturated carbocycles. The monoisotopic (exact) mass is 406 g/mol. The van der Waals surface area contributed by atoms with Crippen LogP contribution in [0.5, 0.6) is 0 Å². The normalized spacial score (nSPS) is 19.3. The molecule has 2 amide bonds. The zero-order valence-electron chi connectivity index (χ0n) is 19.1. The van der Waals surface area contributed by atoms with Gasteiger partial charge < -0.3 is 9.80 Å². The largest absolute Gasteiger partial charge is 0.341 e. The Morgan fingerprint density at radius 3 is 1.76 bits per heavy atom. The third-order valence-electron chi connectivity index (χ3n) is 6.77. The van der Waals surface area contributed by atoms with Gasteiger partial charge in [-0.15, -0.1) is 0 Å². The fourth-order valence-electron chi connectivity index (χ4n) is 4.91. The molecule has 0 N–H and O–H groups in total. The van der Waals surface area contributed by atoms with E-state index in [9.17, 15) is 9.59 Å². The van der Waals surface area contributed by atoms with Gasteiger partial charge in [0.25, 0.3) is 0 Å². The van der Waals surface area contributed by atoms with Crippen molar-refractivity contribution >= 4 is 11.8 Å². The molecular formula is C25H46N2O2. The standard InChI is InChI=1S/C25H46N2O2/c1-2-3-4-5-6-7-8-9-10-11-12-13-14-19-24(28)27-22-17-18-23(27)25(29)26-20-15-16-21-26/h23H,2-22H2,1H3/t23-/m0/s1. The Morgan fingerprint density at radius 2 is 1.21 bits per heavy atom. The van der Waals surface area contributed by atoms with Crippen LogP contribution in [-0.2, 0) is 9.59 Å². The highest BCUT2D eigenvalue weighted by atomic mass is 16.2. The van der Waals surface area contributed by atoms with Crippen LogP contribution < -0.4 is 0 Å². The molecule has 1 atom stereocenters. The summed E-state index contributed by atoms with van der Waals surface area (Å²) in [5.74, 6) is 0.418. The number of rotatable bonds is 15. The van der Waals surface area contributed by atoms with Crippen molar-refractivity contribution in [1.29, 1.82) is 0 Å². The van der Waals surface area contributed by atoms with Crippen molar-refractivity contribution in [2.24, 2.45) is 0 Å². The maximum absolute atomic E-state index is 12.7. The second-order valence-corrected chi connectivity index (χ2v) is 9.27. The lowest BCUT2D eigenvalue weighted by molar-refractivity contribution is -0.143. The van der Waals surface area contributed by atoms with Crippen LogP contribution in [0.1, 0.15) is 122 Å². The van der Waals surface area contributed by atoms with E-state index in [1.165, 1.54) is 70.6 Å². The molecule has 29 heavy (non-hydrogen) atoms. The van der Waals surface area contributed by atoms with Gasteiger partial charge in [0.2, 0.25) is 11.8 Å². The van der Waals surface area contributed by atoms with E-state index < -0.39 is 0 Å². The quantitative estimate of drug-likeness (QED) is 0.309. The summed E-state index contributed by atoms with van der Waals surface area (Å²) in [7, 11) is 0. The highest BCUT2D eigenvalue weighted by Crippen LogP contribution is 2.23. The Bertz CT molecular complexity index is 460. The zero-order chi connectivity index (χ0) is 20.7. The second-order valence-electron chi connectivity index (χ2n) is 9.27. The summed E-state index contributed by atoms with van der Waals surface area (Å²) in [4.78, 5) is 29.2. The first-order chi connectivity index (χ1) is 14.2. The highest BCUT2D eigenvalue weighted by Gasteiger charge is 2.36. The first-order valence-electron chi connectivity index (χ1n) is 12.8. The molecule has 0 aromatic heterocycles. The number of likely N-dealkylation sites (tertiary alicyclic amines) is 2. The molecule has 168 valence electrons. The topological polar surface area (TPSA) is 40.6 Å². The lowest BCUT2D eigenvalue weighted by Gasteiger charge is -2.27. The molecule has 2 aliphatic rings. The molecule has 4 nitrogen and oxygen atoms in total. The fraction of sp³-hybridized carbons (Fsp3) is 0.920. The number of nitrogens with zero attached hydrogens (tertiary/aromatic N) is 2. The molecule has 0 spiro atoms. The average molecular weight is 407 g/mol. The molecule has 0 aromatic rings. The Labute approximate surface area is 179 Å². The van der Waals surface area contributed by atoms with Crippen LogP contribution in [-0.4, -0.2) is 47.3 Å². The summed E-state index contributed by atoms with van der Waals surface area (Å²) in [5, 5.41) is 0. The maximum Gasteiger partial charge on any atom is 0.245 e. The molecule has 2 rings (SSSR count). The third-order valence-corrected chi connectivity index (χ3v) is 6.77. The van der Waals surface area contributed by atoms with Gasteiger partial charge in [0, 0.05) is 26.1 Å². The minimum absolute atomic E-state index is 0.164. The van der Waals surface area contributed by atoms with Gasteiger partial charge in [0.15, 0.2) is 0 Å². The van der Waals surface area contributed by atoms with Gasteiger partial charge in [0.1, 0.15) is 6.04 Å². The van der Waals surface area contributed by atoms with Gasteiger partial charge in [-0.1, -0.05) is 84.0 Å². The molecule has 0 aliphatic carbocycles. The van der Waals surface area contributed by atoms with E-state index in [2.05, 4.69) is 6.92 Å². The third kappa shape index (κ3) is 9.09. The summed E-state index contributed by atoms with van der Waals surface area (Å²) in [6.07, 6.45) is 21.9. The van der Waals surface area contributed by atoms with E-state index in [0.29, 0.717) is 6.42 Å². The van der Waals surface area contributed by atoms with Gasteiger partial charge >= 0.3 is 0 Å². The van der Waals surface area contributed by atoms with E-state index in [-0.39, 0.29) is 17.9 Å². The average Bonchev–Trinajstić information content (AvgIpc) is 3.43. The van der Waals surface area contributed by atoms with Crippen LogP contribution >= 0.6 is 0 Å². The predicted octanol–water partition coefficient (Wildman–Crippen LogP) is 6.08. The van der Waals surface area contributed by atoms with Crippen molar-refractivity contribution < 1.29 is 9.59 Å². The van der Waals surface area contributed by atoms with Gasteiger partial charge in [-0.05, 0) is 32.1 Å². The molecule has 0 aromatic carbocycles. The summed E-state index contributed by atoms with van der Waals surface area (Å²) >= 11 is 0. The van der Waals surface area contributed by atoms with E-state index in [1.54, 1.807) is 0 Å².